The molecule has 2 rings (SSSR count). The minimum absolute atomic E-state index is 0.889. The molecule has 0 unspecified atom stereocenters. The fourth-order valence-corrected chi connectivity index (χ4v) is 1.93. The van der Waals surface area contributed by atoms with Crippen molar-refractivity contribution in [2.45, 2.75) is 19.4 Å². The standard InChI is InChI=1S/C7H13N/c1-5-7-3-6(7)4-8(5)2/h5-7H,3-4H2,1-2H3/t5-,6-,7+/m1/s1. The number of hydrogen-bond acceptors (Lipinski definition) is 1. The Hall–Kier alpha value is -0.0400. The summed E-state index contributed by atoms with van der Waals surface area (Å²) >= 11 is 0. The summed E-state index contributed by atoms with van der Waals surface area (Å²) in [6.45, 7) is 3.71. The molecule has 2 fully saturated rings. The Labute approximate surface area is 50.7 Å². The summed E-state index contributed by atoms with van der Waals surface area (Å²) in [4.78, 5) is 2.47. The second-order valence-corrected chi connectivity index (χ2v) is 3.34. The summed E-state index contributed by atoms with van der Waals surface area (Å²) in [5, 5.41) is 0. The van der Waals surface area contributed by atoms with E-state index in [1.165, 1.54) is 13.0 Å². The first-order valence-corrected chi connectivity index (χ1v) is 3.49. The van der Waals surface area contributed by atoms with Crippen molar-refractivity contribution >= 4 is 0 Å². The highest BCUT2D eigenvalue weighted by Gasteiger charge is 2.48. The van der Waals surface area contributed by atoms with Crippen molar-refractivity contribution in [3.8, 4) is 0 Å². The van der Waals surface area contributed by atoms with Gasteiger partial charge in [-0.3, -0.25) is 0 Å². The van der Waals surface area contributed by atoms with Crippen molar-refractivity contribution in [3.63, 3.8) is 0 Å². The molecule has 1 saturated heterocycles. The first kappa shape index (κ1) is 4.80. The highest BCUT2D eigenvalue weighted by atomic mass is 15.2. The van der Waals surface area contributed by atoms with E-state index < -0.39 is 0 Å². The SMILES string of the molecule is C[C@@H]1[C@@H]2C[C@@H]2CN1C. The van der Waals surface area contributed by atoms with Crippen LogP contribution in [0.25, 0.3) is 0 Å². The van der Waals surface area contributed by atoms with Crippen molar-refractivity contribution in [2.75, 3.05) is 13.6 Å². The van der Waals surface area contributed by atoms with E-state index in [1.807, 2.05) is 0 Å². The van der Waals surface area contributed by atoms with E-state index >= 15 is 0 Å². The minimum Gasteiger partial charge on any atom is -0.303 e. The molecule has 0 N–H and O–H groups in total. The number of fused-ring (bicyclic) bond motifs is 1. The van der Waals surface area contributed by atoms with E-state index in [0.717, 1.165) is 17.9 Å². The molecule has 0 spiro atoms. The van der Waals surface area contributed by atoms with Crippen LogP contribution in [0.4, 0.5) is 0 Å². The molecule has 1 nitrogen and oxygen atoms in total. The van der Waals surface area contributed by atoms with Crippen LogP contribution in [0.5, 0.6) is 0 Å². The van der Waals surface area contributed by atoms with Gasteiger partial charge in [-0.1, -0.05) is 0 Å². The largest absolute Gasteiger partial charge is 0.303 e. The van der Waals surface area contributed by atoms with Gasteiger partial charge in [0.2, 0.25) is 0 Å². The predicted octanol–water partition coefficient (Wildman–Crippen LogP) is 0.956. The Morgan fingerprint density at radius 3 is 2.50 bits per heavy atom. The van der Waals surface area contributed by atoms with Gasteiger partial charge < -0.3 is 4.90 Å². The lowest BCUT2D eigenvalue weighted by atomic mass is 10.2. The molecule has 1 heteroatoms. The van der Waals surface area contributed by atoms with Crippen LogP contribution in [-0.2, 0) is 0 Å². The number of nitrogens with zero attached hydrogens (tertiary/aromatic N) is 1. The Kier molecular flexibility index (Phi) is 0.762. The van der Waals surface area contributed by atoms with Crippen LogP contribution in [0.1, 0.15) is 13.3 Å². The van der Waals surface area contributed by atoms with Crippen LogP contribution in [0, 0.1) is 11.8 Å². The third kappa shape index (κ3) is 0.455. The molecular weight excluding hydrogens is 98.1 g/mol. The monoisotopic (exact) mass is 111 g/mol. The van der Waals surface area contributed by atoms with E-state index in [0.29, 0.717) is 0 Å². The lowest BCUT2D eigenvalue weighted by Crippen LogP contribution is -2.25. The molecular formula is C7H13N. The molecule has 0 radical (unpaired) electrons. The highest BCUT2D eigenvalue weighted by Crippen LogP contribution is 2.48. The van der Waals surface area contributed by atoms with Crippen LogP contribution in [0.2, 0.25) is 0 Å². The zero-order valence-electron chi connectivity index (χ0n) is 5.59. The van der Waals surface area contributed by atoms with Gasteiger partial charge in [0.15, 0.2) is 0 Å². The molecule has 0 aromatic rings. The van der Waals surface area contributed by atoms with Crippen molar-refractivity contribution in [1.29, 1.82) is 0 Å². The summed E-state index contributed by atoms with van der Waals surface area (Å²) < 4.78 is 0. The molecule has 1 aliphatic carbocycles. The van der Waals surface area contributed by atoms with Crippen molar-refractivity contribution < 1.29 is 0 Å². The van der Waals surface area contributed by atoms with Crippen LogP contribution < -0.4 is 0 Å². The molecule has 0 aromatic heterocycles. The number of likely N-dealkylation sites (tertiary alicyclic amines) is 1. The van der Waals surface area contributed by atoms with Gasteiger partial charge in [-0.25, -0.2) is 0 Å². The number of piperidine rings is 1. The maximum absolute atomic E-state index is 2.47. The fourth-order valence-electron chi connectivity index (χ4n) is 1.93. The van der Waals surface area contributed by atoms with Crippen molar-refractivity contribution in [3.05, 3.63) is 0 Å². The molecule has 1 saturated carbocycles. The molecule has 1 heterocycles. The first-order valence-electron chi connectivity index (χ1n) is 3.49. The summed E-state index contributed by atoms with van der Waals surface area (Å²) in [5.41, 5.74) is 0. The maximum Gasteiger partial charge on any atom is 0.00955 e. The van der Waals surface area contributed by atoms with Crippen molar-refractivity contribution in [1.82, 2.24) is 4.90 Å². The molecule has 2 aliphatic rings. The third-order valence-electron chi connectivity index (χ3n) is 2.81. The van der Waals surface area contributed by atoms with Crippen LogP contribution in [0.15, 0.2) is 0 Å². The first-order chi connectivity index (χ1) is 3.79. The summed E-state index contributed by atoms with van der Waals surface area (Å²) in [7, 11) is 2.23. The molecule has 8 heavy (non-hydrogen) atoms. The van der Waals surface area contributed by atoms with Gasteiger partial charge in [0.1, 0.15) is 0 Å². The molecule has 3 atom stereocenters. The lowest BCUT2D eigenvalue weighted by molar-refractivity contribution is 0.287. The molecule has 46 valence electrons. The summed E-state index contributed by atoms with van der Waals surface area (Å²) in [6, 6.07) is 0.889. The normalized spacial score (nSPS) is 54.0. The average Bonchev–Trinajstić information content (AvgIpc) is 2.39. The van der Waals surface area contributed by atoms with Gasteiger partial charge in [0, 0.05) is 12.6 Å². The fraction of sp³-hybridized carbons (Fsp3) is 1.00. The van der Waals surface area contributed by atoms with Crippen LogP contribution in [-0.4, -0.2) is 24.5 Å². The van der Waals surface area contributed by atoms with E-state index in [9.17, 15) is 0 Å². The smallest absolute Gasteiger partial charge is 0.00955 e. The topological polar surface area (TPSA) is 3.24 Å². The Morgan fingerprint density at radius 2 is 2.25 bits per heavy atom. The second kappa shape index (κ2) is 1.27. The minimum atomic E-state index is 0.889. The zero-order chi connectivity index (χ0) is 5.72. The predicted molar refractivity (Wildman–Crippen MR) is 33.7 cm³/mol. The molecule has 1 aliphatic heterocycles. The molecule has 0 aromatic carbocycles. The Morgan fingerprint density at radius 1 is 1.50 bits per heavy atom. The van der Waals surface area contributed by atoms with Crippen LogP contribution in [0.3, 0.4) is 0 Å². The van der Waals surface area contributed by atoms with Gasteiger partial charge in [-0.05, 0) is 32.2 Å². The van der Waals surface area contributed by atoms with Gasteiger partial charge in [0.05, 0.1) is 0 Å². The van der Waals surface area contributed by atoms with Gasteiger partial charge >= 0.3 is 0 Å². The molecule has 0 bridgehead atoms. The Balaban J connectivity index is 2.08. The van der Waals surface area contributed by atoms with Gasteiger partial charge in [-0.15, -0.1) is 0 Å². The van der Waals surface area contributed by atoms with E-state index in [1.54, 1.807) is 0 Å². The Bertz CT molecular complexity index is 109. The van der Waals surface area contributed by atoms with E-state index in [4.69, 9.17) is 0 Å². The highest BCUT2D eigenvalue weighted by molar-refractivity contribution is 5.00. The number of rotatable bonds is 0. The summed E-state index contributed by atoms with van der Waals surface area (Å²) in [6.07, 6.45) is 1.52. The van der Waals surface area contributed by atoms with Crippen molar-refractivity contribution in [2.24, 2.45) is 11.8 Å². The van der Waals surface area contributed by atoms with E-state index in [2.05, 4.69) is 18.9 Å². The van der Waals surface area contributed by atoms with Gasteiger partial charge in [0.25, 0.3) is 0 Å². The zero-order valence-corrected chi connectivity index (χ0v) is 5.59. The number of hydrogen-bond donors (Lipinski definition) is 0. The van der Waals surface area contributed by atoms with Crippen LogP contribution >= 0.6 is 0 Å². The summed E-state index contributed by atoms with van der Waals surface area (Å²) in [5.74, 6) is 2.18. The maximum atomic E-state index is 2.47. The quantitative estimate of drug-likeness (QED) is 0.450. The molecule has 0 amide bonds. The van der Waals surface area contributed by atoms with E-state index in [-0.39, 0.29) is 0 Å². The lowest BCUT2D eigenvalue weighted by Gasteiger charge is -2.16. The average molecular weight is 111 g/mol. The third-order valence-corrected chi connectivity index (χ3v) is 2.81. The second-order valence-electron chi connectivity index (χ2n) is 3.34. The van der Waals surface area contributed by atoms with Gasteiger partial charge in [-0.2, -0.15) is 0 Å².